The van der Waals surface area contributed by atoms with E-state index < -0.39 is 0 Å². The standard InChI is InChI=1S/C9H9N3O.C2H6/c1-6-9-7(5-13)3-10-4-8(9)12(2)11-6;1-2/h3-5H,1-2H3;1-2H3. The molecule has 0 aliphatic heterocycles. The highest BCUT2D eigenvalue weighted by Crippen LogP contribution is 2.18. The van der Waals surface area contributed by atoms with Crippen LogP contribution in [0.5, 0.6) is 0 Å². The van der Waals surface area contributed by atoms with Gasteiger partial charge >= 0.3 is 0 Å². The smallest absolute Gasteiger partial charge is 0.152 e. The Kier molecular flexibility index (Phi) is 3.55. The number of aromatic nitrogens is 3. The van der Waals surface area contributed by atoms with Crippen LogP contribution in [0.1, 0.15) is 29.9 Å². The van der Waals surface area contributed by atoms with Crippen molar-refractivity contribution in [3.63, 3.8) is 0 Å². The molecule has 0 fully saturated rings. The first kappa shape index (κ1) is 11.4. The molecule has 0 bridgehead atoms. The quantitative estimate of drug-likeness (QED) is 0.670. The van der Waals surface area contributed by atoms with E-state index in [0.717, 1.165) is 22.9 Å². The first-order valence-corrected chi connectivity index (χ1v) is 4.96. The normalized spacial score (nSPS) is 9.60. The maximum Gasteiger partial charge on any atom is 0.152 e. The fraction of sp³-hybridized carbons (Fsp3) is 0.364. The Labute approximate surface area is 88.9 Å². The number of aldehydes is 1. The van der Waals surface area contributed by atoms with Crippen LogP contribution in [-0.4, -0.2) is 21.1 Å². The minimum Gasteiger partial charge on any atom is -0.298 e. The van der Waals surface area contributed by atoms with E-state index in [1.165, 1.54) is 0 Å². The third-order valence-electron chi connectivity index (χ3n) is 2.09. The van der Waals surface area contributed by atoms with E-state index in [4.69, 9.17) is 0 Å². The number of hydrogen-bond donors (Lipinski definition) is 0. The van der Waals surface area contributed by atoms with Gasteiger partial charge in [0.05, 0.1) is 17.4 Å². The van der Waals surface area contributed by atoms with Gasteiger partial charge in [-0.05, 0) is 6.92 Å². The summed E-state index contributed by atoms with van der Waals surface area (Å²) in [4.78, 5) is 14.7. The van der Waals surface area contributed by atoms with Crippen molar-refractivity contribution in [2.24, 2.45) is 7.05 Å². The molecule has 0 saturated heterocycles. The number of rotatable bonds is 1. The van der Waals surface area contributed by atoms with Crippen molar-refractivity contribution in [1.29, 1.82) is 0 Å². The van der Waals surface area contributed by atoms with Gasteiger partial charge in [0.2, 0.25) is 0 Å². The number of carbonyl (C=O) groups excluding carboxylic acids is 1. The van der Waals surface area contributed by atoms with Crippen molar-refractivity contribution in [3.05, 3.63) is 23.7 Å². The van der Waals surface area contributed by atoms with E-state index in [0.29, 0.717) is 5.56 Å². The molecule has 0 aliphatic carbocycles. The summed E-state index contributed by atoms with van der Waals surface area (Å²) >= 11 is 0. The molecule has 2 heterocycles. The molecule has 0 atom stereocenters. The molecule has 0 N–H and O–H groups in total. The van der Waals surface area contributed by atoms with Crippen molar-refractivity contribution >= 4 is 17.2 Å². The number of pyridine rings is 1. The van der Waals surface area contributed by atoms with E-state index in [-0.39, 0.29) is 0 Å². The molecule has 4 nitrogen and oxygen atoms in total. The molecule has 0 radical (unpaired) electrons. The topological polar surface area (TPSA) is 47.8 Å². The van der Waals surface area contributed by atoms with E-state index in [1.54, 1.807) is 17.1 Å². The monoisotopic (exact) mass is 205 g/mol. The number of nitrogens with zero attached hydrogens (tertiary/aromatic N) is 3. The maximum atomic E-state index is 10.7. The lowest BCUT2D eigenvalue weighted by molar-refractivity contribution is 0.112. The number of aryl methyl sites for hydroxylation is 2. The molecule has 0 aliphatic rings. The minimum absolute atomic E-state index is 0.600. The van der Waals surface area contributed by atoms with Gasteiger partial charge in [-0.3, -0.25) is 14.5 Å². The van der Waals surface area contributed by atoms with Crippen LogP contribution in [0.4, 0.5) is 0 Å². The van der Waals surface area contributed by atoms with E-state index in [2.05, 4.69) is 10.1 Å². The van der Waals surface area contributed by atoms with Crippen LogP contribution in [0, 0.1) is 6.92 Å². The Morgan fingerprint density at radius 1 is 1.33 bits per heavy atom. The second-order valence-corrected chi connectivity index (χ2v) is 2.95. The van der Waals surface area contributed by atoms with E-state index >= 15 is 0 Å². The van der Waals surface area contributed by atoms with Gasteiger partial charge < -0.3 is 0 Å². The molecule has 0 amide bonds. The molecule has 0 saturated carbocycles. The van der Waals surface area contributed by atoms with Crippen LogP contribution < -0.4 is 0 Å². The fourth-order valence-electron chi connectivity index (χ4n) is 1.52. The zero-order chi connectivity index (χ0) is 11.4. The molecule has 2 rings (SSSR count). The highest BCUT2D eigenvalue weighted by Gasteiger charge is 2.08. The first-order valence-electron chi connectivity index (χ1n) is 4.96. The Balaban J connectivity index is 0.000000531. The average Bonchev–Trinajstić information content (AvgIpc) is 2.58. The van der Waals surface area contributed by atoms with Gasteiger partial charge in [0.25, 0.3) is 0 Å². The number of carbonyl (C=O) groups is 1. The van der Waals surface area contributed by atoms with Gasteiger partial charge in [0.15, 0.2) is 6.29 Å². The number of hydrogen-bond acceptors (Lipinski definition) is 3. The van der Waals surface area contributed by atoms with Gasteiger partial charge in [0.1, 0.15) is 0 Å². The Morgan fingerprint density at radius 3 is 2.60 bits per heavy atom. The molecule has 4 heteroatoms. The Morgan fingerprint density at radius 2 is 2.00 bits per heavy atom. The predicted molar refractivity (Wildman–Crippen MR) is 60.0 cm³/mol. The molecular formula is C11H15N3O. The fourth-order valence-corrected chi connectivity index (χ4v) is 1.52. The summed E-state index contributed by atoms with van der Waals surface area (Å²) in [5, 5.41) is 5.11. The van der Waals surface area contributed by atoms with E-state index in [1.807, 2.05) is 27.8 Å². The highest BCUT2D eigenvalue weighted by molar-refractivity contribution is 5.97. The van der Waals surface area contributed by atoms with Crippen molar-refractivity contribution < 1.29 is 4.79 Å². The van der Waals surface area contributed by atoms with Crippen LogP contribution >= 0.6 is 0 Å². The Bertz CT molecular complexity index is 474. The van der Waals surface area contributed by atoms with Gasteiger partial charge in [-0.2, -0.15) is 5.10 Å². The summed E-state index contributed by atoms with van der Waals surface area (Å²) in [6, 6.07) is 0. The lowest BCUT2D eigenvalue weighted by Crippen LogP contribution is -1.90. The molecule has 2 aromatic rings. The van der Waals surface area contributed by atoms with Crippen molar-refractivity contribution in [2.45, 2.75) is 20.8 Å². The van der Waals surface area contributed by atoms with Gasteiger partial charge in [-0.1, -0.05) is 13.8 Å². The highest BCUT2D eigenvalue weighted by atomic mass is 16.1. The third kappa shape index (κ3) is 1.88. The second-order valence-electron chi connectivity index (χ2n) is 2.95. The lowest BCUT2D eigenvalue weighted by atomic mass is 10.1. The minimum atomic E-state index is 0.600. The third-order valence-corrected chi connectivity index (χ3v) is 2.09. The largest absolute Gasteiger partial charge is 0.298 e. The summed E-state index contributed by atoms with van der Waals surface area (Å²) < 4.78 is 1.73. The zero-order valence-corrected chi connectivity index (χ0v) is 9.48. The maximum absolute atomic E-state index is 10.7. The van der Waals surface area contributed by atoms with Crippen molar-refractivity contribution in [2.75, 3.05) is 0 Å². The van der Waals surface area contributed by atoms with Crippen LogP contribution in [-0.2, 0) is 7.05 Å². The molecule has 0 unspecified atom stereocenters. The molecule has 0 aromatic carbocycles. The SMILES string of the molecule is CC.Cc1nn(C)c2cncc(C=O)c12. The van der Waals surface area contributed by atoms with Crippen molar-refractivity contribution in [1.82, 2.24) is 14.8 Å². The van der Waals surface area contributed by atoms with Crippen LogP contribution in [0.25, 0.3) is 10.9 Å². The summed E-state index contributed by atoms with van der Waals surface area (Å²) in [5.74, 6) is 0. The molecule has 80 valence electrons. The first-order chi connectivity index (χ1) is 7.24. The van der Waals surface area contributed by atoms with Crippen LogP contribution in [0.15, 0.2) is 12.4 Å². The molecule has 15 heavy (non-hydrogen) atoms. The summed E-state index contributed by atoms with van der Waals surface area (Å²) in [7, 11) is 1.84. The molecular weight excluding hydrogens is 190 g/mol. The average molecular weight is 205 g/mol. The van der Waals surface area contributed by atoms with Crippen molar-refractivity contribution in [3.8, 4) is 0 Å². The summed E-state index contributed by atoms with van der Waals surface area (Å²) in [5.41, 5.74) is 2.35. The van der Waals surface area contributed by atoms with Gasteiger partial charge in [-0.15, -0.1) is 0 Å². The summed E-state index contributed by atoms with van der Waals surface area (Å²) in [6.07, 6.45) is 4.08. The zero-order valence-electron chi connectivity index (χ0n) is 9.48. The lowest BCUT2D eigenvalue weighted by Gasteiger charge is -1.94. The molecule has 0 spiro atoms. The second kappa shape index (κ2) is 4.68. The van der Waals surface area contributed by atoms with Crippen LogP contribution in [0.3, 0.4) is 0 Å². The van der Waals surface area contributed by atoms with E-state index in [9.17, 15) is 4.79 Å². The number of fused-ring (bicyclic) bond motifs is 1. The van der Waals surface area contributed by atoms with Gasteiger partial charge in [0, 0.05) is 24.2 Å². The summed E-state index contributed by atoms with van der Waals surface area (Å²) in [6.45, 7) is 5.88. The predicted octanol–water partition coefficient (Wildman–Crippen LogP) is 2.12. The Hall–Kier alpha value is -1.71. The van der Waals surface area contributed by atoms with Gasteiger partial charge in [-0.25, -0.2) is 0 Å². The molecule has 2 aromatic heterocycles. The van der Waals surface area contributed by atoms with Crippen LogP contribution in [0.2, 0.25) is 0 Å².